The number of hydrogen-bond donors (Lipinski definition) is 3. The fraction of sp³-hybridized carbons (Fsp3) is 0.120. The van der Waals surface area contributed by atoms with Crippen molar-refractivity contribution in [1.29, 1.82) is 0 Å². The minimum absolute atomic E-state index is 0.187. The van der Waals surface area contributed by atoms with E-state index in [1.807, 2.05) is 36.4 Å². The van der Waals surface area contributed by atoms with Crippen molar-refractivity contribution in [3.05, 3.63) is 104 Å². The Labute approximate surface area is 210 Å². The second-order valence-corrected chi connectivity index (χ2v) is 8.65. The Kier molecular flexibility index (Phi) is 7.33. The first-order chi connectivity index (χ1) is 16.8. The van der Waals surface area contributed by atoms with Gasteiger partial charge in [0.25, 0.3) is 5.69 Å². The lowest BCUT2D eigenvalue weighted by Gasteiger charge is -2.12. The number of nitrogens with one attached hydrogen (secondary N) is 2. The van der Waals surface area contributed by atoms with Gasteiger partial charge in [-0.3, -0.25) is 10.1 Å². The number of nitrogens with zero attached hydrogens (tertiary/aromatic N) is 2. The van der Waals surface area contributed by atoms with Crippen LogP contribution in [-0.4, -0.2) is 26.0 Å². The van der Waals surface area contributed by atoms with Crippen LogP contribution in [0.1, 0.15) is 27.9 Å². The van der Waals surface area contributed by atoms with Crippen molar-refractivity contribution in [3.8, 4) is 11.4 Å². The minimum atomic E-state index is -1.28. The van der Waals surface area contributed by atoms with Crippen LogP contribution in [0.15, 0.2) is 67.0 Å². The van der Waals surface area contributed by atoms with E-state index in [9.17, 15) is 20.0 Å². The van der Waals surface area contributed by atoms with Crippen LogP contribution in [0.3, 0.4) is 0 Å². The summed E-state index contributed by atoms with van der Waals surface area (Å²) >= 11 is 12.0. The highest BCUT2D eigenvalue weighted by Crippen LogP contribution is 2.35. The number of aryl methyl sites for hydroxylation is 2. The number of aromatic amines is 1. The van der Waals surface area contributed by atoms with Gasteiger partial charge in [0, 0.05) is 24.1 Å². The number of anilines is 2. The van der Waals surface area contributed by atoms with Gasteiger partial charge in [0.2, 0.25) is 0 Å². The number of carboxylic acids is 1. The molecule has 3 N–H and O–H groups in total. The third kappa shape index (κ3) is 5.79. The third-order valence-corrected chi connectivity index (χ3v) is 6.20. The maximum absolute atomic E-state index is 11.8. The van der Waals surface area contributed by atoms with Crippen LogP contribution in [0.5, 0.6) is 0 Å². The number of benzene rings is 3. The number of nitro groups is 1. The summed E-state index contributed by atoms with van der Waals surface area (Å²) in [7, 11) is 0. The van der Waals surface area contributed by atoms with Crippen molar-refractivity contribution in [1.82, 2.24) is 9.97 Å². The minimum Gasteiger partial charge on any atom is -0.478 e. The smallest absolute Gasteiger partial charge is 0.338 e. The van der Waals surface area contributed by atoms with E-state index >= 15 is 0 Å². The lowest BCUT2D eigenvalue weighted by molar-refractivity contribution is -0.384. The number of rotatable bonds is 9. The van der Waals surface area contributed by atoms with Crippen molar-refractivity contribution in [2.24, 2.45) is 0 Å². The number of halogens is 2. The molecule has 0 aliphatic carbocycles. The molecule has 0 atom stereocenters. The van der Waals surface area contributed by atoms with Crippen molar-refractivity contribution >= 4 is 46.2 Å². The Morgan fingerprint density at radius 1 is 1.03 bits per heavy atom. The van der Waals surface area contributed by atoms with Crippen LogP contribution >= 0.6 is 23.2 Å². The van der Waals surface area contributed by atoms with Crippen molar-refractivity contribution in [3.63, 3.8) is 0 Å². The van der Waals surface area contributed by atoms with Gasteiger partial charge in [0.1, 0.15) is 5.82 Å². The van der Waals surface area contributed by atoms with Crippen molar-refractivity contribution < 1.29 is 14.8 Å². The molecule has 4 aromatic rings. The first kappa shape index (κ1) is 24.3. The predicted molar refractivity (Wildman–Crippen MR) is 136 cm³/mol. The molecule has 0 aliphatic heterocycles. The molecule has 1 heterocycles. The summed E-state index contributed by atoms with van der Waals surface area (Å²) < 4.78 is 0. The fourth-order valence-corrected chi connectivity index (χ4v) is 4.04. The molecular weight excluding hydrogens is 491 g/mol. The van der Waals surface area contributed by atoms with Gasteiger partial charge in [-0.05, 0) is 60.7 Å². The second kappa shape index (κ2) is 10.6. The number of hydrogen-bond acceptors (Lipinski definition) is 5. The Bertz CT molecular complexity index is 1370. The number of aromatic nitrogens is 2. The van der Waals surface area contributed by atoms with E-state index in [4.69, 9.17) is 23.2 Å². The van der Waals surface area contributed by atoms with Gasteiger partial charge in [-0.25, -0.2) is 9.78 Å². The molecule has 0 spiro atoms. The van der Waals surface area contributed by atoms with Crippen LogP contribution in [0.2, 0.25) is 10.0 Å². The highest BCUT2D eigenvalue weighted by Gasteiger charge is 2.24. The quantitative estimate of drug-likeness (QED) is 0.166. The molecule has 0 fully saturated rings. The van der Waals surface area contributed by atoms with E-state index in [0.717, 1.165) is 36.5 Å². The summed E-state index contributed by atoms with van der Waals surface area (Å²) in [6.45, 7) is 0. The Balaban J connectivity index is 1.50. The number of nitro benzene ring substituents is 1. The van der Waals surface area contributed by atoms with Gasteiger partial charge < -0.3 is 15.4 Å². The Morgan fingerprint density at radius 2 is 1.74 bits per heavy atom. The number of carboxylic acid groups (broad SMARTS) is 1. The van der Waals surface area contributed by atoms with E-state index in [1.165, 1.54) is 18.5 Å². The molecule has 3 aromatic carbocycles. The van der Waals surface area contributed by atoms with E-state index in [0.29, 0.717) is 15.7 Å². The Morgan fingerprint density at radius 3 is 2.37 bits per heavy atom. The van der Waals surface area contributed by atoms with E-state index < -0.39 is 10.9 Å². The first-order valence-electron chi connectivity index (χ1n) is 10.7. The molecule has 4 rings (SSSR count). The van der Waals surface area contributed by atoms with Crippen molar-refractivity contribution in [2.45, 2.75) is 19.3 Å². The maximum atomic E-state index is 11.8. The Hall–Kier alpha value is -3.88. The van der Waals surface area contributed by atoms with Gasteiger partial charge in [-0.1, -0.05) is 41.4 Å². The summed E-state index contributed by atoms with van der Waals surface area (Å²) in [5.41, 5.74) is 2.74. The zero-order valence-corrected chi connectivity index (χ0v) is 19.8. The molecule has 0 saturated carbocycles. The standard InChI is InChI=1S/C25H20Cl2N4O4/c26-20-9-6-16(12-21(20)27)3-1-2-15-4-7-17(8-5-15)30-22-13-19(24-28-10-11-29-24)23(31(34)35)14-18(22)25(32)33/h4-14,30H,1-3H2,(H,28,29)(H,32,33). The van der Waals surface area contributed by atoms with Crippen LogP contribution in [0, 0.1) is 10.1 Å². The summed E-state index contributed by atoms with van der Waals surface area (Å²) in [6, 6.07) is 15.7. The van der Waals surface area contributed by atoms with E-state index in [1.54, 1.807) is 6.07 Å². The molecule has 10 heteroatoms. The first-order valence-corrected chi connectivity index (χ1v) is 11.4. The monoisotopic (exact) mass is 510 g/mol. The summed E-state index contributed by atoms with van der Waals surface area (Å²) in [5, 5.41) is 25.3. The molecule has 0 radical (unpaired) electrons. The number of H-pyrrole nitrogens is 1. The summed E-state index contributed by atoms with van der Waals surface area (Å²) in [6.07, 6.45) is 5.64. The molecule has 8 nitrogen and oxygen atoms in total. The molecule has 0 aliphatic rings. The largest absolute Gasteiger partial charge is 0.478 e. The van der Waals surface area contributed by atoms with Gasteiger partial charge in [-0.2, -0.15) is 0 Å². The predicted octanol–water partition coefficient (Wildman–Crippen LogP) is 6.91. The zero-order valence-electron chi connectivity index (χ0n) is 18.3. The van der Waals surface area contributed by atoms with Gasteiger partial charge in [-0.15, -0.1) is 0 Å². The molecule has 0 saturated heterocycles. The summed E-state index contributed by atoms with van der Waals surface area (Å²) in [4.78, 5) is 29.6. The molecule has 0 bridgehead atoms. The highest BCUT2D eigenvalue weighted by atomic mass is 35.5. The molecule has 0 amide bonds. The molecule has 35 heavy (non-hydrogen) atoms. The number of aromatic carboxylic acids is 1. The van der Waals surface area contributed by atoms with E-state index in [2.05, 4.69) is 15.3 Å². The van der Waals surface area contributed by atoms with Crippen LogP contribution < -0.4 is 5.32 Å². The third-order valence-electron chi connectivity index (χ3n) is 5.46. The normalized spacial score (nSPS) is 10.8. The number of carbonyl (C=O) groups is 1. The average Bonchev–Trinajstić information content (AvgIpc) is 3.37. The molecule has 1 aromatic heterocycles. The zero-order chi connectivity index (χ0) is 24.9. The lowest BCUT2D eigenvalue weighted by atomic mass is 10.0. The van der Waals surface area contributed by atoms with Crippen LogP contribution in [-0.2, 0) is 12.8 Å². The fourth-order valence-electron chi connectivity index (χ4n) is 3.72. The maximum Gasteiger partial charge on any atom is 0.338 e. The van der Waals surface area contributed by atoms with Crippen LogP contribution in [0.4, 0.5) is 17.1 Å². The SMILES string of the molecule is O=C(O)c1cc([N+](=O)[O-])c(-c2ncc[nH]2)cc1Nc1ccc(CCCc2ccc(Cl)c(Cl)c2)cc1. The second-order valence-electron chi connectivity index (χ2n) is 7.84. The number of imidazole rings is 1. The van der Waals surface area contributed by atoms with Gasteiger partial charge in [0.15, 0.2) is 0 Å². The highest BCUT2D eigenvalue weighted by molar-refractivity contribution is 6.42. The van der Waals surface area contributed by atoms with Crippen molar-refractivity contribution in [2.75, 3.05) is 5.32 Å². The summed E-state index contributed by atoms with van der Waals surface area (Å²) in [5.74, 6) is -1.01. The molecule has 0 unspecified atom stereocenters. The topological polar surface area (TPSA) is 121 Å². The lowest BCUT2D eigenvalue weighted by Crippen LogP contribution is -2.06. The van der Waals surface area contributed by atoms with E-state index in [-0.39, 0.29) is 28.3 Å². The van der Waals surface area contributed by atoms with Crippen LogP contribution in [0.25, 0.3) is 11.4 Å². The average molecular weight is 511 g/mol. The van der Waals surface area contributed by atoms with Gasteiger partial charge in [0.05, 0.1) is 31.8 Å². The van der Waals surface area contributed by atoms with Gasteiger partial charge >= 0.3 is 5.97 Å². The molecular formula is C25H20Cl2N4O4. The molecule has 178 valence electrons.